The smallest absolute Gasteiger partial charge is 0.113 e. The molecular weight excluding hydrogens is 246 g/mol. The van der Waals surface area contributed by atoms with Gasteiger partial charge in [-0.1, -0.05) is 18.9 Å². The van der Waals surface area contributed by atoms with Crippen molar-refractivity contribution in [2.75, 3.05) is 0 Å². The minimum Gasteiger partial charge on any atom is -0.328 e. The number of imidazole rings is 1. The van der Waals surface area contributed by atoms with Crippen LogP contribution in [0.4, 0.5) is 0 Å². The summed E-state index contributed by atoms with van der Waals surface area (Å²) in [5.74, 6) is 3.90. The van der Waals surface area contributed by atoms with E-state index in [0.29, 0.717) is 6.54 Å². The molecule has 2 unspecified atom stereocenters. The first kappa shape index (κ1) is 12.4. The third-order valence-electron chi connectivity index (χ3n) is 5.35. The van der Waals surface area contributed by atoms with Crippen LogP contribution < -0.4 is 5.73 Å². The molecule has 2 fully saturated rings. The molecule has 1 aromatic carbocycles. The van der Waals surface area contributed by atoms with Gasteiger partial charge < -0.3 is 10.3 Å². The molecular formula is C17H23N3. The predicted octanol–water partition coefficient (Wildman–Crippen LogP) is 3.42. The van der Waals surface area contributed by atoms with E-state index in [0.717, 1.165) is 29.8 Å². The van der Waals surface area contributed by atoms with E-state index in [1.54, 1.807) is 0 Å². The van der Waals surface area contributed by atoms with Crippen LogP contribution in [-0.4, -0.2) is 9.55 Å². The van der Waals surface area contributed by atoms with E-state index in [1.807, 2.05) is 0 Å². The number of nitrogens with two attached hydrogens (primary N) is 1. The molecule has 2 atom stereocenters. The van der Waals surface area contributed by atoms with Crippen molar-refractivity contribution in [3.05, 3.63) is 29.6 Å². The summed E-state index contributed by atoms with van der Waals surface area (Å²) in [6.45, 7) is 3.84. The van der Waals surface area contributed by atoms with E-state index in [9.17, 15) is 0 Å². The molecule has 2 aromatic rings. The van der Waals surface area contributed by atoms with Crippen molar-refractivity contribution in [3.63, 3.8) is 0 Å². The fourth-order valence-corrected chi connectivity index (χ4v) is 4.28. The molecule has 106 valence electrons. The van der Waals surface area contributed by atoms with Gasteiger partial charge in [-0.15, -0.1) is 0 Å². The van der Waals surface area contributed by atoms with Gasteiger partial charge in [-0.2, -0.15) is 0 Å². The maximum atomic E-state index is 5.75. The van der Waals surface area contributed by atoms with E-state index >= 15 is 0 Å². The van der Waals surface area contributed by atoms with Crippen molar-refractivity contribution < 1.29 is 0 Å². The van der Waals surface area contributed by atoms with Crippen LogP contribution in [0.2, 0.25) is 0 Å². The number of benzene rings is 1. The second kappa shape index (κ2) is 4.59. The Morgan fingerprint density at radius 2 is 2.00 bits per heavy atom. The molecule has 2 N–H and O–H groups in total. The maximum Gasteiger partial charge on any atom is 0.113 e. The molecule has 4 rings (SSSR count). The van der Waals surface area contributed by atoms with Gasteiger partial charge in [-0.25, -0.2) is 4.98 Å². The first-order valence-corrected chi connectivity index (χ1v) is 8.02. The summed E-state index contributed by atoms with van der Waals surface area (Å²) in [4.78, 5) is 4.99. The summed E-state index contributed by atoms with van der Waals surface area (Å²) >= 11 is 0. The average Bonchev–Trinajstić information content (AvgIpc) is 3.11. The van der Waals surface area contributed by atoms with E-state index in [-0.39, 0.29) is 0 Å². The van der Waals surface area contributed by atoms with Gasteiger partial charge in [-0.3, -0.25) is 0 Å². The third kappa shape index (κ3) is 1.72. The summed E-state index contributed by atoms with van der Waals surface area (Å²) in [6, 6.07) is 6.50. The quantitative estimate of drug-likeness (QED) is 0.928. The van der Waals surface area contributed by atoms with Gasteiger partial charge in [0.05, 0.1) is 11.0 Å². The van der Waals surface area contributed by atoms with Crippen LogP contribution in [-0.2, 0) is 13.1 Å². The molecule has 1 aromatic heterocycles. The molecule has 0 saturated heterocycles. The van der Waals surface area contributed by atoms with Crippen molar-refractivity contribution in [1.82, 2.24) is 9.55 Å². The zero-order valence-electron chi connectivity index (χ0n) is 12.2. The van der Waals surface area contributed by atoms with Crippen molar-refractivity contribution in [3.8, 4) is 0 Å². The molecule has 20 heavy (non-hydrogen) atoms. The summed E-state index contributed by atoms with van der Waals surface area (Å²) in [5, 5.41) is 0. The van der Waals surface area contributed by atoms with Crippen molar-refractivity contribution >= 4 is 11.0 Å². The van der Waals surface area contributed by atoms with Crippen LogP contribution in [0, 0.1) is 11.8 Å². The molecule has 2 saturated carbocycles. The summed E-state index contributed by atoms with van der Waals surface area (Å²) in [5.41, 5.74) is 9.34. The Morgan fingerprint density at radius 1 is 1.25 bits per heavy atom. The molecule has 1 heterocycles. The van der Waals surface area contributed by atoms with Crippen molar-refractivity contribution in [2.24, 2.45) is 17.6 Å². The SMILES string of the molecule is CCn1c(C2C3CCCCC32)nc2cc(CN)ccc21. The highest BCUT2D eigenvalue weighted by Gasteiger charge is 2.53. The van der Waals surface area contributed by atoms with E-state index in [2.05, 4.69) is 29.7 Å². The summed E-state index contributed by atoms with van der Waals surface area (Å²) < 4.78 is 2.43. The van der Waals surface area contributed by atoms with Crippen LogP contribution in [0.15, 0.2) is 18.2 Å². The van der Waals surface area contributed by atoms with Gasteiger partial charge >= 0.3 is 0 Å². The van der Waals surface area contributed by atoms with E-state index < -0.39 is 0 Å². The standard InChI is InChI=1S/C17H23N3/c1-2-20-15-8-7-11(10-18)9-14(15)19-17(20)16-12-5-3-4-6-13(12)16/h7-9,12-13,16H,2-6,10,18H2,1H3. The molecule has 2 aliphatic rings. The fraction of sp³-hybridized carbons (Fsp3) is 0.588. The monoisotopic (exact) mass is 269 g/mol. The van der Waals surface area contributed by atoms with Gasteiger partial charge in [0.25, 0.3) is 0 Å². The Labute approximate surface area is 120 Å². The van der Waals surface area contributed by atoms with E-state index in [4.69, 9.17) is 10.7 Å². The number of fused-ring (bicyclic) bond motifs is 2. The van der Waals surface area contributed by atoms with Gasteiger partial charge in [0.15, 0.2) is 0 Å². The lowest BCUT2D eigenvalue weighted by atomic mass is 10.0. The summed E-state index contributed by atoms with van der Waals surface area (Å²) in [7, 11) is 0. The van der Waals surface area contributed by atoms with Gasteiger partial charge in [0, 0.05) is 19.0 Å². The highest BCUT2D eigenvalue weighted by atomic mass is 15.1. The van der Waals surface area contributed by atoms with Crippen LogP contribution in [0.25, 0.3) is 11.0 Å². The number of aromatic nitrogens is 2. The first-order valence-electron chi connectivity index (χ1n) is 8.02. The van der Waals surface area contributed by atoms with Gasteiger partial charge in [0.1, 0.15) is 5.82 Å². The normalized spacial score (nSPS) is 28.6. The van der Waals surface area contributed by atoms with Gasteiger partial charge in [-0.05, 0) is 49.3 Å². The Morgan fingerprint density at radius 3 is 2.65 bits per heavy atom. The van der Waals surface area contributed by atoms with Crippen LogP contribution in [0.5, 0.6) is 0 Å². The zero-order valence-corrected chi connectivity index (χ0v) is 12.2. The number of hydrogen-bond donors (Lipinski definition) is 1. The minimum absolute atomic E-state index is 0.596. The lowest BCUT2D eigenvalue weighted by Crippen LogP contribution is -2.01. The predicted molar refractivity (Wildman–Crippen MR) is 81.5 cm³/mol. The van der Waals surface area contributed by atoms with Crippen LogP contribution in [0.1, 0.15) is 49.9 Å². The summed E-state index contributed by atoms with van der Waals surface area (Å²) in [6.07, 6.45) is 5.66. The lowest BCUT2D eigenvalue weighted by Gasteiger charge is -2.05. The number of rotatable bonds is 3. The highest BCUT2D eigenvalue weighted by molar-refractivity contribution is 5.77. The van der Waals surface area contributed by atoms with Crippen LogP contribution in [0.3, 0.4) is 0 Å². The average molecular weight is 269 g/mol. The van der Waals surface area contributed by atoms with Crippen molar-refractivity contribution in [1.29, 1.82) is 0 Å². The molecule has 0 bridgehead atoms. The Bertz CT molecular complexity index is 631. The molecule has 2 aliphatic carbocycles. The minimum atomic E-state index is 0.596. The number of nitrogens with zero attached hydrogens (tertiary/aromatic N) is 2. The molecule has 0 amide bonds. The third-order valence-corrected chi connectivity index (χ3v) is 5.35. The van der Waals surface area contributed by atoms with Crippen molar-refractivity contribution in [2.45, 2.75) is 51.6 Å². The lowest BCUT2D eigenvalue weighted by molar-refractivity contribution is 0.480. The highest BCUT2D eigenvalue weighted by Crippen LogP contribution is 2.61. The Kier molecular flexibility index (Phi) is 2.84. The maximum absolute atomic E-state index is 5.75. The van der Waals surface area contributed by atoms with Gasteiger partial charge in [0.2, 0.25) is 0 Å². The molecule has 0 spiro atoms. The topological polar surface area (TPSA) is 43.8 Å². The fourth-order valence-electron chi connectivity index (χ4n) is 4.28. The molecule has 0 radical (unpaired) electrons. The second-order valence-corrected chi connectivity index (χ2v) is 6.38. The second-order valence-electron chi connectivity index (χ2n) is 6.38. The van der Waals surface area contributed by atoms with Crippen LogP contribution >= 0.6 is 0 Å². The zero-order chi connectivity index (χ0) is 13.7. The molecule has 0 aliphatic heterocycles. The first-order chi connectivity index (χ1) is 9.83. The Balaban J connectivity index is 1.79. The number of hydrogen-bond acceptors (Lipinski definition) is 2. The Hall–Kier alpha value is -1.35. The number of aryl methyl sites for hydroxylation is 1. The van der Waals surface area contributed by atoms with E-state index in [1.165, 1.54) is 42.6 Å². The molecule has 3 nitrogen and oxygen atoms in total. The largest absolute Gasteiger partial charge is 0.328 e. The molecule has 3 heteroatoms.